The Labute approximate surface area is 127 Å². The third-order valence-corrected chi connectivity index (χ3v) is 5.19. The van der Waals surface area contributed by atoms with E-state index in [1.807, 2.05) is 0 Å². The molecule has 0 spiro atoms. The second-order valence-electron chi connectivity index (χ2n) is 7.30. The van der Waals surface area contributed by atoms with Crippen molar-refractivity contribution in [3.63, 3.8) is 0 Å². The Hall–Kier alpha value is -0.480. The first kappa shape index (κ1) is 15.9. The molecule has 1 N–H and O–H groups in total. The molecule has 114 valence electrons. The summed E-state index contributed by atoms with van der Waals surface area (Å²) in [6.07, 6.45) is 5.43. The minimum Gasteiger partial charge on any atom is -0.309 e. The molecule has 1 heterocycles. The molecule has 3 nitrogen and oxygen atoms in total. The minimum atomic E-state index is 0.0797. The van der Waals surface area contributed by atoms with Crippen LogP contribution in [-0.4, -0.2) is 16.1 Å². The molecule has 0 radical (unpaired) electrons. The summed E-state index contributed by atoms with van der Waals surface area (Å²) in [5.41, 5.74) is 1.27. The number of aromatic nitrogens is 2. The van der Waals surface area contributed by atoms with Gasteiger partial charge in [0.15, 0.2) is 0 Å². The minimum absolute atomic E-state index is 0.0797. The Morgan fingerprint density at radius 1 is 1.35 bits per heavy atom. The molecule has 0 aliphatic heterocycles. The maximum Gasteiger partial charge on any atom is 0.0857 e. The van der Waals surface area contributed by atoms with Gasteiger partial charge in [0.05, 0.1) is 10.6 Å². The van der Waals surface area contributed by atoms with Gasteiger partial charge in [0.25, 0.3) is 0 Å². The van der Waals surface area contributed by atoms with Gasteiger partial charge in [-0.2, -0.15) is 0 Å². The van der Waals surface area contributed by atoms with E-state index in [0.717, 1.165) is 18.4 Å². The van der Waals surface area contributed by atoms with Crippen LogP contribution >= 0.6 is 11.5 Å². The molecule has 3 atom stereocenters. The van der Waals surface area contributed by atoms with Crippen LogP contribution in [0, 0.1) is 11.8 Å². The molecule has 1 aliphatic rings. The van der Waals surface area contributed by atoms with Gasteiger partial charge in [-0.15, -0.1) is 5.10 Å². The van der Waals surface area contributed by atoms with Gasteiger partial charge in [-0.05, 0) is 42.8 Å². The molecule has 0 saturated heterocycles. The van der Waals surface area contributed by atoms with Gasteiger partial charge >= 0.3 is 0 Å². The number of nitrogens with zero attached hydrogens (tertiary/aromatic N) is 2. The van der Waals surface area contributed by atoms with Crippen LogP contribution in [0.1, 0.15) is 76.9 Å². The lowest BCUT2D eigenvalue weighted by molar-refractivity contribution is 0.225. The zero-order valence-corrected chi connectivity index (χ0v) is 14.4. The van der Waals surface area contributed by atoms with E-state index in [1.165, 1.54) is 36.3 Å². The van der Waals surface area contributed by atoms with Gasteiger partial charge in [0.2, 0.25) is 0 Å². The van der Waals surface area contributed by atoms with Gasteiger partial charge < -0.3 is 5.32 Å². The van der Waals surface area contributed by atoms with E-state index in [1.54, 1.807) is 11.5 Å². The lowest BCUT2D eigenvalue weighted by Crippen LogP contribution is -2.32. The fraction of sp³-hybridized carbons (Fsp3) is 0.875. The Bertz CT molecular complexity index is 422. The molecule has 1 aliphatic carbocycles. The first-order valence-electron chi connectivity index (χ1n) is 7.99. The van der Waals surface area contributed by atoms with Gasteiger partial charge in [-0.3, -0.25) is 0 Å². The predicted octanol–water partition coefficient (Wildman–Crippen LogP) is 4.31. The zero-order chi connectivity index (χ0) is 14.8. The van der Waals surface area contributed by atoms with Gasteiger partial charge in [-0.1, -0.05) is 51.9 Å². The summed E-state index contributed by atoms with van der Waals surface area (Å²) in [5.74, 6) is 1.59. The highest BCUT2D eigenvalue weighted by Crippen LogP contribution is 2.40. The SMILES string of the molecule is CCNC(c1snnc1C(C)(C)C)C1CCCC(C)C1. The van der Waals surface area contributed by atoms with Crippen molar-refractivity contribution in [3.05, 3.63) is 10.6 Å². The second-order valence-corrected chi connectivity index (χ2v) is 8.09. The van der Waals surface area contributed by atoms with Crippen LogP contribution in [0.3, 0.4) is 0 Å². The Morgan fingerprint density at radius 3 is 2.70 bits per heavy atom. The summed E-state index contributed by atoms with van der Waals surface area (Å²) >= 11 is 1.60. The average Bonchev–Trinajstić information content (AvgIpc) is 2.84. The summed E-state index contributed by atoms with van der Waals surface area (Å²) in [4.78, 5) is 1.37. The topological polar surface area (TPSA) is 37.8 Å². The van der Waals surface area contributed by atoms with Gasteiger partial charge in [0, 0.05) is 11.5 Å². The van der Waals surface area contributed by atoms with Crippen molar-refractivity contribution in [1.29, 1.82) is 0 Å². The normalized spacial score (nSPS) is 25.6. The molecule has 4 heteroatoms. The van der Waals surface area contributed by atoms with Crippen LogP contribution in [0.15, 0.2) is 0 Å². The fourth-order valence-electron chi connectivity index (χ4n) is 3.40. The third-order valence-electron chi connectivity index (χ3n) is 4.38. The third kappa shape index (κ3) is 3.59. The molecule has 1 fully saturated rings. The zero-order valence-electron chi connectivity index (χ0n) is 13.6. The average molecular weight is 295 g/mol. The highest BCUT2D eigenvalue weighted by molar-refractivity contribution is 7.05. The molecule has 20 heavy (non-hydrogen) atoms. The van der Waals surface area contributed by atoms with Crippen LogP contribution in [-0.2, 0) is 5.41 Å². The summed E-state index contributed by atoms with van der Waals surface area (Å²) < 4.78 is 4.26. The second kappa shape index (κ2) is 6.52. The van der Waals surface area contributed by atoms with Crippen LogP contribution < -0.4 is 5.32 Å². The molecule has 3 unspecified atom stereocenters. The Kier molecular flexibility index (Phi) is 5.19. The van der Waals surface area contributed by atoms with Crippen LogP contribution in [0.2, 0.25) is 0 Å². The van der Waals surface area contributed by atoms with Crippen molar-refractivity contribution in [1.82, 2.24) is 14.9 Å². The van der Waals surface area contributed by atoms with Crippen molar-refractivity contribution in [3.8, 4) is 0 Å². The standard InChI is InChI=1S/C16H29N3S/c1-6-17-13(12-9-7-8-11(2)10-12)14-15(16(3,4)5)18-19-20-14/h11-13,17H,6-10H2,1-5H3. The summed E-state index contributed by atoms with van der Waals surface area (Å²) in [6.45, 7) is 12.3. The first-order valence-corrected chi connectivity index (χ1v) is 8.77. The Morgan fingerprint density at radius 2 is 2.10 bits per heavy atom. The molecule has 2 rings (SSSR count). The van der Waals surface area contributed by atoms with Gasteiger partial charge in [0.1, 0.15) is 0 Å². The molecule has 0 amide bonds. The maximum atomic E-state index is 4.43. The maximum absolute atomic E-state index is 4.43. The van der Waals surface area contributed by atoms with E-state index in [4.69, 9.17) is 0 Å². The molecular weight excluding hydrogens is 266 g/mol. The predicted molar refractivity (Wildman–Crippen MR) is 86.1 cm³/mol. The monoisotopic (exact) mass is 295 g/mol. The van der Waals surface area contributed by atoms with Crippen molar-refractivity contribution in [2.24, 2.45) is 11.8 Å². The number of nitrogens with one attached hydrogen (secondary N) is 1. The molecular formula is C16H29N3S. The van der Waals surface area contributed by atoms with Crippen LogP contribution in [0.5, 0.6) is 0 Å². The smallest absolute Gasteiger partial charge is 0.0857 e. The molecule has 0 aromatic carbocycles. The lowest BCUT2D eigenvalue weighted by atomic mass is 9.77. The van der Waals surface area contributed by atoms with E-state index in [9.17, 15) is 0 Å². The highest BCUT2D eigenvalue weighted by Gasteiger charge is 2.33. The van der Waals surface area contributed by atoms with Crippen molar-refractivity contribution in [2.45, 2.75) is 71.8 Å². The number of hydrogen-bond acceptors (Lipinski definition) is 4. The van der Waals surface area contributed by atoms with E-state index in [2.05, 4.69) is 49.5 Å². The van der Waals surface area contributed by atoms with Crippen molar-refractivity contribution >= 4 is 11.5 Å². The largest absolute Gasteiger partial charge is 0.309 e. The van der Waals surface area contributed by atoms with Crippen LogP contribution in [0.4, 0.5) is 0 Å². The van der Waals surface area contributed by atoms with Gasteiger partial charge in [-0.25, -0.2) is 0 Å². The quantitative estimate of drug-likeness (QED) is 0.899. The van der Waals surface area contributed by atoms with E-state index >= 15 is 0 Å². The van der Waals surface area contributed by atoms with E-state index in [-0.39, 0.29) is 5.41 Å². The first-order chi connectivity index (χ1) is 9.43. The fourth-order valence-corrected chi connectivity index (χ4v) is 4.43. The molecule has 0 bridgehead atoms. The van der Waals surface area contributed by atoms with E-state index < -0.39 is 0 Å². The summed E-state index contributed by atoms with van der Waals surface area (Å²) in [7, 11) is 0. The number of hydrogen-bond donors (Lipinski definition) is 1. The lowest BCUT2D eigenvalue weighted by Gasteiger charge is -2.34. The van der Waals surface area contributed by atoms with Crippen molar-refractivity contribution < 1.29 is 0 Å². The van der Waals surface area contributed by atoms with Crippen LogP contribution in [0.25, 0.3) is 0 Å². The highest BCUT2D eigenvalue weighted by atomic mass is 32.1. The molecule has 1 saturated carbocycles. The van der Waals surface area contributed by atoms with E-state index in [0.29, 0.717) is 6.04 Å². The summed E-state index contributed by atoms with van der Waals surface area (Å²) in [5, 5.41) is 8.15. The Balaban J connectivity index is 2.26. The molecule has 1 aromatic heterocycles. The molecule has 1 aromatic rings. The number of rotatable bonds is 4. The van der Waals surface area contributed by atoms with Crippen molar-refractivity contribution in [2.75, 3.05) is 6.54 Å². The summed E-state index contributed by atoms with van der Waals surface area (Å²) in [6, 6.07) is 0.442.